The van der Waals surface area contributed by atoms with Crippen molar-refractivity contribution in [3.63, 3.8) is 0 Å². The molecule has 0 N–H and O–H groups in total. The Morgan fingerprint density at radius 1 is 1.14 bits per heavy atom. The lowest BCUT2D eigenvalue weighted by atomic mass is 10.0. The fraction of sp³-hybridized carbons (Fsp3) is 0.133. The first kappa shape index (κ1) is 15.7. The molecule has 21 heavy (non-hydrogen) atoms. The molecule has 0 spiro atoms. The molecule has 0 unspecified atom stereocenters. The number of halogens is 2. The Morgan fingerprint density at radius 2 is 1.76 bits per heavy atom. The van der Waals surface area contributed by atoms with Crippen LogP contribution in [0.1, 0.15) is 15.9 Å². The van der Waals surface area contributed by atoms with Crippen molar-refractivity contribution in [3.05, 3.63) is 64.4 Å². The van der Waals surface area contributed by atoms with Crippen LogP contribution in [0.15, 0.2) is 47.4 Å². The second-order valence-electron chi connectivity index (χ2n) is 4.63. The van der Waals surface area contributed by atoms with Gasteiger partial charge >= 0.3 is 0 Å². The Balaban J connectivity index is 2.21. The maximum atomic E-state index is 13.6. The number of sulfone groups is 1. The highest BCUT2D eigenvalue weighted by atomic mass is 35.5. The summed E-state index contributed by atoms with van der Waals surface area (Å²) in [6.45, 7) is 0. The summed E-state index contributed by atoms with van der Waals surface area (Å²) < 4.78 is 36.3. The molecule has 3 nitrogen and oxygen atoms in total. The lowest BCUT2D eigenvalue weighted by Gasteiger charge is -2.04. The highest BCUT2D eigenvalue weighted by Crippen LogP contribution is 2.17. The van der Waals surface area contributed by atoms with E-state index in [1.165, 1.54) is 36.4 Å². The van der Waals surface area contributed by atoms with Crippen LogP contribution in [0.4, 0.5) is 4.39 Å². The lowest BCUT2D eigenvalue weighted by molar-refractivity contribution is 0.0991. The van der Waals surface area contributed by atoms with Crippen molar-refractivity contribution in [2.45, 2.75) is 11.3 Å². The van der Waals surface area contributed by atoms with Crippen LogP contribution in [0.5, 0.6) is 0 Å². The predicted octanol–water partition coefficient (Wildman–Crippen LogP) is 3.31. The minimum atomic E-state index is -3.30. The minimum Gasteiger partial charge on any atom is -0.294 e. The van der Waals surface area contributed by atoms with E-state index in [9.17, 15) is 17.6 Å². The van der Waals surface area contributed by atoms with Gasteiger partial charge in [-0.05, 0) is 29.8 Å². The van der Waals surface area contributed by atoms with Crippen LogP contribution in [0.25, 0.3) is 0 Å². The predicted molar refractivity (Wildman–Crippen MR) is 79.0 cm³/mol. The minimum absolute atomic E-state index is 0.110. The summed E-state index contributed by atoms with van der Waals surface area (Å²) in [6, 6.07) is 9.69. The molecule has 0 aliphatic heterocycles. The Morgan fingerprint density at radius 3 is 2.29 bits per heavy atom. The zero-order chi connectivity index (χ0) is 15.6. The van der Waals surface area contributed by atoms with Crippen LogP contribution in [-0.2, 0) is 16.3 Å². The normalized spacial score (nSPS) is 11.4. The molecule has 2 aromatic rings. The number of rotatable bonds is 4. The summed E-state index contributed by atoms with van der Waals surface area (Å²) in [5, 5.41) is 0.265. The number of carbonyl (C=O) groups excluding carboxylic acids is 1. The van der Waals surface area contributed by atoms with E-state index in [1.807, 2.05) is 0 Å². The molecule has 2 rings (SSSR count). The Hall–Kier alpha value is -1.72. The molecule has 0 aliphatic carbocycles. The van der Waals surface area contributed by atoms with Crippen LogP contribution >= 0.6 is 11.6 Å². The van der Waals surface area contributed by atoms with Gasteiger partial charge in [0.05, 0.1) is 4.90 Å². The first-order valence-electron chi connectivity index (χ1n) is 6.04. The van der Waals surface area contributed by atoms with Crippen LogP contribution < -0.4 is 0 Å². The van der Waals surface area contributed by atoms with Crippen LogP contribution in [-0.4, -0.2) is 20.5 Å². The van der Waals surface area contributed by atoms with E-state index < -0.39 is 15.7 Å². The van der Waals surface area contributed by atoms with E-state index in [-0.39, 0.29) is 27.7 Å². The standard InChI is InChI=1S/C15H12ClFO3S/c1-21(19,20)13-6-3-10(4-7-13)15(18)8-11-2-5-12(16)9-14(11)17/h2-7,9H,8H2,1H3. The average Bonchev–Trinajstić information content (AvgIpc) is 2.41. The summed E-state index contributed by atoms with van der Waals surface area (Å²) in [7, 11) is -3.30. The van der Waals surface area contributed by atoms with Crippen molar-refractivity contribution in [1.82, 2.24) is 0 Å². The van der Waals surface area contributed by atoms with Gasteiger partial charge in [-0.25, -0.2) is 12.8 Å². The van der Waals surface area contributed by atoms with Crippen molar-refractivity contribution in [1.29, 1.82) is 0 Å². The van der Waals surface area contributed by atoms with Gasteiger partial charge in [0.25, 0.3) is 0 Å². The second-order valence-corrected chi connectivity index (χ2v) is 7.08. The van der Waals surface area contributed by atoms with Gasteiger partial charge in [0, 0.05) is 23.3 Å². The molecule has 0 amide bonds. The van der Waals surface area contributed by atoms with Crippen molar-refractivity contribution in [2.75, 3.05) is 6.26 Å². The molecule has 0 fully saturated rings. The van der Waals surface area contributed by atoms with Gasteiger partial charge in [0.2, 0.25) is 0 Å². The number of hydrogen-bond donors (Lipinski definition) is 0. The Kier molecular flexibility index (Phi) is 4.44. The maximum Gasteiger partial charge on any atom is 0.175 e. The first-order chi connectivity index (χ1) is 9.77. The third kappa shape index (κ3) is 3.89. The molecule has 0 bridgehead atoms. The van der Waals surface area contributed by atoms with Crippen molar-refractivity contribution >= 4 is 27.2 Å². The largest absolute Gasteiger partial charge is 0.294 e. The fourth-order valence-electron chi connectivity index (χ4n) is 1.83. The van der Waals surface area contributed by atoms with E-state index in [0.717, 1.165) is 12.3 Å². The molecule has 0 radical (unpaired) electrons. The van der Waals surface area contributed by atoms with Crippen LogP contribution in [0.2, 0.25) is 5.02 Å². The maximum absolute atomic E-state index is 13.6. The third-order valence-corrected chi connectivity index (χ3v) is 4.33. The highest BCUT2D eigenvalue weighted by molar-refractivity contribution is 7.90. The van der Waals surface area contributed by atoms with E-state index in [2.05, 4.69) is 0 Å². The second kappa shape index (κ2) is 5.95. The number of benzene rings is 2. The van der Waals surface area contributed by atoms with Gasteiger partial charge in [-0.1, -0.05) is 29.8 Å². The van der Waals surface area contributed by atoms with E-state index in [4.69, 9.17) is 11.6 Å². The summed E-state index contributed by atoms with van der Waals surface area (Å²) >= 11 is 5.65. The zero-order valence-corrected chi connectivity index (χ0v) is 12.7. The van der Waals surface area contributed by atoms with Gasteiger partial charge in [-0.15, -0.1) is 0 Å². The van der Waals surface area contributed by atoms with Gasteiger partial charge in [-0.2, -0.15) is 0 Å². The number of carbonyl (C=O) groups is 1. The summed E-state index contributed by atoms with van der Waals surface area (Å²) in [5.74, 6) is -0.833. The molecule has 6 heteroatoms. The van der Waals surface area contributed by atoms with E-state index in [1.54, 1.807) is 0 Å². The molecule has 0 heterocycles. The van der Waals surface area contributed by atoms with Crippen LogP contribution in [0, 0.1) is 5.82 Å². The number of Topliss-reactive ketones (excluding diaryl/α,β-unsaturated/α-hetero) is 1. The molecule has 0 aromatic heterocycles. The SMILES string of the molecule is CS(=O)(=O)c1ccc(C(=O)Cc2ccc(Cl)cc2F)cc1. The van der Waals surface area contributed by atoms with Gasteiger partial charge in [0.1, 0.15) is 5.82 Å². The van der Waals surface area contributed by atoms with Gasteiger partial charge < -0.3 is 0 Å². The first-order valence-corrected chi connectivity index (χ1v) is 8.31. The monoisotopic (exact) mass is 326 g/mol. The van der Waals surface area contributed by atoms with Crippen molar-refractivity contribution in [2.24, 2.45) is 0 Å². The van der Waals surface area contributed by atoms with Crippen molar-refractivity contribution in [3.8, 4) is 0 Å². The fourth-order valence-corrected chi connectivity index (χ4v) is 2.62. The molecular formula is C15H12ClFO3S. The van der Waals surface area contributed by atoms with Gasteiger partial charge in [-0.3, -0.25) is 4.79 Å². The van der Waals surface area contributed by atoms with E-state index in [0.29, 0.717) is 5.56 Å². The molecule has 0 aliphatic rings. The van der Waals surface area contributed by atoms with Gasteiger partial charge in [0.15, 0.2) is 15.6 Å². The van der Waals surface area contributed by atoms with Crippen molar-refractivity contribution < 1.29 is 17.6 Å². The highest BCUT2D eigenvalue weighted by Gasteiger charge is 2.12. The Labute approximate surface area is 127 Å². The molecule has 0 atom stereocenters. The summed E-state index contributed by atoms with van der Waals surface area (Å²) in [4.78, 5) is 12.2. The number of hydrogen-bond acceptors (Lipinski definition) is 3. The number of ketones is 1. The Bertz CT molecular complexity index is 783. The quantitative estimate of drug-likeness (QED) is 0.810. The smallest absolute Gasteiger partial charge is 0.175 e. The summed E-state index contributed by atoms with van der Waals surface area (Å²) in [5.41, 5.74) is 0.577. The third-order valence-electron chi connectivity index (χ3n) is 2.97. The zero-order valence-electron chi connectivity index (χ0n) is 11.1. The van der Waals surface area contributed by atoms with Crippen LogP contribution in [0.3, 0.4) is 0 Å². The molecular weight excluding hydrogens is 315 g/mol. The molecule has 0 saturated heterocycles. The van der Waals surface area contributed by atoms with E-state index >= 15 is 0 Å². The topological polar surface area (TPSA) is 51.2 Å². The molecule has 2 aromatic carbocycles. The average molecular weight is 327 g/mol. The lowest BCUT2D eigenvalue weighted by Crippen LogP contribution is -2.06. The summed E-state index contributed by atoms with van der Waals surface area (Å²) in [6.07, 6.45) is 0.980. The molecule has 110 valence electrons. The molecule has 0 saturated carbocycles.